The Kier molecular flexibility index (Phi) is 9.15. The van der Waals surface area contributed by atoms with Gasteiger partial charge in [0.25, 0.3) is 0 Å². The van der Waals surface area contributed by atoms with Gasteiger partial charge in [0.1, 0.15) is 17.3 Å². The first-order valence-electron chi connectivity index (χ1n) is 14.4. The lowest BCUT2D eigenvalue weighted by atomic mass is 9.74. The van der Waals surface area contributed by atoms with Crippen LogP contribution in [0, 0.1) is 48.4 Å². The highest BCUT2D eigenvalue weighted by Gasteiger charge is 2.70. The molecule has 4 rings (SSSR count). The fourth-order valence-electron chi connectivity index (χ4n) is 6.42. The largest absolute Gasteiger partial charge is 0.497 e. The third-order valence-electron chi connectivity index (χ3n) is 9.28. The van der Waals surface area contributed by atoms with Crippen LogP contribution in [0.3, 0.4) is 0 Å². The van der Waals surface area contributed by atoms with E-state index in [1.54, 1.807) is 53.0 Å². The standard InChI is InChI=1S/C34H40F2O6/c1-21-10-6-7-12-27(21)42-31(38)34(35,36)18-9-8-11-22(2)28-26(37)20-25-29(28)30(25)33(4,40)32(3,39)19-17-23-13-15-24(41-5)16-14-23/h6-7,10,12-16,22,25,28-30,39-40H,9,17-20H2,1-5H3. The number of fused-ring (bicyclic) bond motifs is 1. The quantitative estimate of drug-likeness (QED) is 0.205. The van der Waals surface area contributed by atoms with Crippen molar-refractivity contribution >= 4 is 11.8 Å². The summed E-state index contributed by atoms with van der Waals surface area (Å²) < 4.78 is 39.0. The number of hydrogen-bond donors (Lipinski definition) is 2. The van der Waals surface area contributed by atoms with E-state index in [2.05, 4.69) is 11.8 Å². The molecule has 42 heavy (non-hydrogen) atoms. The summed E-state index contributed by atoms with van der Waals surface area (Å²) in [5.74, 6) is -0.0815. The Hall–Kier alpha value is -3.28. The highest BCUT2D eigenvalue weighted by Crippen LogP contribution is 2.66. The van der Waals surface area contributed by atoms with Gasteiger partial charge in [0, 0.05) is 31.1 Å². The first kappa shape index (κ1) is 31.7. The molecule has 2 saturated carbocycles. The molecule has 2 aliphatic rings. The van der Waals surface area contributed by atoms with Gasteiger partial charge in [0.2, 0.25) is 0 Å². The Labute approximate surface area is 246 Å². The first-order chi connectivity index (χ1) is 19.7. The Balaban J connectivity index is 1.33. The van der Waals surface area contributed by atoms with E-state index in [-0.39, 0.29) is 35.7 Å². The van der Waals surface area contributed by atoms with Crippen LogP contribution in [-0.2, 0) is 16.0 Å². The van der Waals surface area contributed by atoms with Gasteiger partial charge in [-0.25, -0.2) is 4.79 Å². The number of alkyl halides is 2. The summed E-state index contributed by atoms with van der Waals surface area (Å²) in [4.78, 5) is 24.9. The topological polar surface area (TPSA) is 93.1 Å². The number of para-hydroxylation sites is 1. The number of esters is 1. The molecule has 6 nitrogen and oxygen atoms in total. The van der Waals surface area contributed by atoms with Crippen LogP contribution >= 0.6 is 0 Å². The molecule has 0 amide bonds. The third-order valence-corrected chi connectivity index (χ3v) is 9.28. The average molecular weight is 583 g/mol. The van der Waals surface area contributed by atoms with Crippen LogP contribution in [0.15, 0.2) is 48.5 Å². The molecule has 0 aliphatic heterocycles. The second-order valence-electron chi connectivity index (χ2n) is 12.2. The average Bonchev–Trinajstić information content (AvgIpc) is 3.54. The van der Waals surface area contributed by atoms with Crippen LogP contribution in [0.4, 0.5) is 8.78 Å². The Bertz CT molecular complexity index is 1350. The number of benzene rings is 2. The molecule has 2 N–H and O–H groups in total. The van der Waals surface area contributed by atoms with Gasteiger partial charge < -0.3 is 19.7 Å². The molecule has 2 aromatic carbocycles. The Morgan fingerprint density at radius 3 is 2.40 bits per heavy atom. The zero-order valence-corrected chi connectivity index (χ0v) is 24.8. The lowest BCUT2D eigenvalue weighted by molar-refractivity contribution is -0.162. The van der Waals surface area contributed by atoms with Crippen LogP contribution < -0.4 is 9.47 Å². The molecule has 2 aromatic rings. The van der Waals surface area contributed by atoms with Crippen LogP contribution in [0.5, 0.6) is 11.5 Å². The molecule has 7 atom stereocenters. The van der Waals surface area contributed by atoms with Crippen LogP contribution in [-0.4, -0.2) is 46.2 Å². The second-order valence-corrected chi connectivity index (χ2v) is 12.2. The highest BCUT2D eigenvalue weighted by atomic mass is 19.3. The van der Waals surface area contributed by atoms with E-state index in [1.165, 1.54) is 6.07 Å². The predicted octanol–water partition coefficient (Wildman–Crippen LogP) is 5.55. The number of carbonyl (C=O) groups is 2. The van der Waals surface area contributed by atoms with E-state index >= 15 is 0 Å². The van der Waals surface area contributed by atoms with Crippen LogP contribution in [0.25, 0.3) is 0 Å². The molecule has 8 heteroatoms. The minimum absolute atomic E-state index is 0.0452. The van der Waals surface area contributed by atoms with Crippen molar-refractivity contribution in [2.75, 3.05) is 7.11 Å². The maximum Gasteiger partial charge on any atom is 0.382 e. The van der Waals surface area contributed by atoms with Crippen molar-refractivity contribution in [2.45, 2.75) is 76.9 Å². The lowest BCUT2D eigenvalue weighted by Gasteiger charge is -2.41. The van der Waals surface area contributed by atoms with Crippen molar-refractivity contribution in [3.63, 3.8) is 0 Å². The smallest absolute Gasteiger partial charge is 0.382 e. The minimum atomic E-state index is -3.70. The fraction of sp³-hybridized carbons (Fsp3) is 0.529. The van der Waals surface area contributed by atoms with Gasteiger partial charge in [0.15, 0.2) is 0 Å². The number of ketones is 1. The molecule has 2 aliphatic carbocycles. The summed E-state index contributed by atoms with van der Waals surface area (Å²) in [7, 11) is 1.60. The fourth-order valence-corrected chi connectivity index (χ4v) is 6.42. The maximum absolute atomic E-state index is 14.4. The molecule has 226 valence electrons. The van der Waals surface area contributed by atoms with Gasteiger partial charge >= 0.3 is 11.9 Å². The van der Waals surface area contributed by atoms with Crippen LogP contribution in [0.2, 0.25) is 0 Å². The molecular weight excluding hydrogens is 542 g/mol. The van der Waals surface area contributed by atoms with Crippen molar-refractivity contribution in [1.29, 1.82) is 0 Å². The highest BCUT2D eigenvalue weighted by molar-refractivity contribution is 5.86. The number of aliphatic hydroxyl groups is 2. The molecule has 0 radical (unpaired) electrons. The zero-order valence-electron chi connectivity index (χ0n) is 24.8. The van der Waals surface area contributed by atoms with Gasteiger partial charge in [0.05, 0.1) is 18.3 Å². The first-order valence-corrected chi connectivity index (χ1v) is 14.4. The molecule has 7 unspecified atom stereocenters. The third kappa shape index (κ3) is 6.53. The number of carbonyl (C=O) groups excluding carboxylic acids is 2. The van der Waals surface area contributed by atoms with E-state index in [9.17, 15) is 28.6 Å². The number of halogens is 2. The van der Waals surface area contributed by atoms with E-state index in [0.717, 1.165) is 11.3 Å². The van der Waals surface area contributed by atoms with Crippen LogP contribution in [0.1, 0.15) is 57.6 Å². The SMILES string of the molecule is COc1ccc(CCC(C)(O)C(C)(O)C2C3CC(=O)C(C(C)C#CCCC(F)(F)C(=O)Oc4ccccc4C)C32)cc1. The predicted molar refractivity (Wildman–Crippen MR) is 154 cm³/mol. The van der Waals surface area contributed by atoms with Gasteiger partial charge in [-0.15, -0.1) is 5.92 Å². The molecule has 0 bridgehead atoms. The van der Waals surface area contributed by atoms with Crippen molar-refractivity contribution in [2.24, 2.45) is 29.6 Å². The van der Waals surface area contributed by atoms with Gasteiger partial charge in [-0.2, -0.15) is 8.78 Å². The zero-order chi connectivity index (χ0) is 30.9. The number of aryl methyl sites for hydroxylation is 2. The monoisotopic (exact) mass is 582 g/mol. The van der Waals surface area contributed by atoms with Gasteiger partial charge in [-0.1, -0.05) is 43.2 Å². The molecule has 0 heterocycles. The number of hydrogen-bond acceptors (Lipinski definition) is 6. The summed E-state index contributed by atoms with van der Waals surface area (Å²) in [6, 6.07) is 14.0. The van der Waals surface area contributed by atoms with E-state index < -0.39 is 41.4 Å². The summed E-state index contributed by atoms with van der Waals surface area (Å²) in [5, 5.41) is 22.9. The molecule has 0 spiro atoms. The summed E-state index contributed by atoms with van der Waals surface area (Å²) in [6.45, 7) is 6.72. The number of ether oxygens (including phenoxy) is 2. The molecule has 2 fully saturated rings. The van der Waals surface area contributed by atoms with Crippen molar-refractivity contribution in [1.82, 2.24) is 0 Å². The van der Waals surface area contributed by atoms with Crippen molar-refractivity contribution in [3.8, 4) is 23.3 Å². The summed E-state index contributed by atoms with van der Waals surface area (Å²) in [5.41, 5.74) is -1.25. The minimum Gasteiger partial charge on any atom is -0.497 e. The Morgan fingerprint density at radius 1 is 1.10 bits per heavy atom. The molecule has 0 saturated heterocycles. The van der Waals surface area contributed by atoms with Gasteiger partial charge in [-0.3, -0.25) is 4.79 Å². The van der Waals surface area contributed by atoms with E-state index in [0.29, 0.717) is 24.8 Å². The normalized spacial score (nSPS) is 24.8. The summed E-state index contributed by atoms with van der Waals surface area (Å²) in [6.07, 6.45) is 0.159. The number of methoxy groups -OCH3 is 1. The summed E-state index contributed by atoms with van der Waals surface area (Å²) >= 11 is 0. The molecule has 0 aromatic heterocycles. The number of Topliss-reactive ketones (excluding diaryl/α,β-unsaturated/α-hetero) is 1. The van der Waals surface area contributed by atoms with Crippen molar-refractivity contribution in [3.05, 3.63) is 59.7 Å². The van der Waals surface area contributed by atoms with E-state index in [1.807, 2.05) is 24.3 Å². The lowest BCUT2D eigenvalue weighted by Crippen LogP contribution is -2.53. The maximum atomic E-state index is 14.4. The molecular formula is C34H40F2O6. The number of rotatable bonds is 11. The van der Waals surface area contributed by atoms with Crippen molar-refractivity contribution < 1.29 is 38.1 Å². The Morgan fingerprint density at radius 2 is 1.76 bits per heavy atom. The second kappa shape index (κ2) is 12.1. The van der Waals surface area contributed by atoms with Gasteiger partial charge in [-0.05, 0) is 80.7 Å². The van der Waals surface area contributed by atoms with E-state index in [4.69, 9.17) is 9.47 Å².